The summed E-state index contributed by atoms with van der Waals surface area (Å²) in [5, 5.41) is 4.42. The van der Waals surface area contributed by atoms with E-state index in [0.29, 0.717) is 17.5 Å². The Morgan fingerprint density at radius 2 is 0.923 bits per heavy atom. The highest BCUT2D eigenvalue weighted by molar-refractivity contribution is 6.14. The second kappa shape index (κ2) is 14.2. The highest BCUT2D eigenvalue weighted by atomic mass is 16.3. The molecule has 0 aliphatic heterocycles. The van der Waals surface area contributed by atoms with Crippen LogP contribution in [0.15, 0.2) is 186 Å². The van der Waals surface area contributed by atoms with E-state index in [9.17, 15) is 0 Å². The molecule has 12 rings (SSSR count). The fourth-order valence-corrected chi connectivity index (χ4v) is 10.8. The van der Waals surface area contributed by atoms with Gasteiger partial charge in [-0.1, -0.05) is 169 Å². The molecular weight excluding hydrogens is 793 g/mol. The Morgan fingerprint density at radius 1 is 0.400 bits per heavy atom. The Balaban J connectivity index is 1.04. The van der Waals surface area contributed by atoms with Crippen molar-refractivity contribution in [2.75, 3.05) is 0 Å². The molecule has 3 aromatic heterocycles. The summed E-state index contributed by atoms with van der Waals surface area (Å²) in [4.78, 5) is 15.2. The van der Waals surface area contributed by atoms with Gasteiger partial charge in [0.1, 0.15) is 11.2 Å². The van der Waals surface area contributed by atoms with Crippen LogP contribution in [0.5, 0.6) is 0 Å². The molecular formula is C60H48N4O. The maximum atomic E-state index is 6.57. The zero-order valence-electron chi connectivity index (χ0n) is 37.5. The minimum absolute atomic E-state index is 0.0217. The molecule has 65 heavy (non-hydrogen) atoms. The van der Waals surface area contributed by atoms with Gasteiger partial charge >= 0.3 is 0 Å². The lowest BCUT2D eigenvalue weighted by Gasteiger charge is -2.44. The van der Waals surface area contributed by atoms with E-state index in [0.717, 1.165) is 55.4 Å². The molecule has 1 aliphatic carbocycles. The van der Waals surface area contributed by atoms with Crippen molar-refractivity contribution >= 4 is 43.7 Å². The van der Waals surface area contributed by atoms with Crippen molar-refractivity contribution in [2.45, 2.75) is 52.4 Å². The largest absolute Gasteiger partial charge is 0.456 e. The van der Waals surface area contributed by atoms with Gasteiger partial charge in [-0.2, -0.15) is 0 Å². The average molecular weight is 841 g/mol. The van der Waals surface area contributed by atoms with E-state index in [1.807, 2.05) is 72.8 Å². The third-order valence-electron chi connectivity index (χ3n) is 15.3. The van der Waals surface area contributed by atoms with E-state index in [1.165, 1.54) is 44.1 Å². The predicted molar refractivity (Wildman–Crippen MR) is 268 cm³/mol. The first-order valence-electron chi connectivity index (χ1n) is 22.6. The quantitative estimate of drug-likeness (QED) is 0.167. The second-order valence-corrected chi connectivity index (χ2v) is 19.3. The van der Waals surface area contributed by atoms with Crippen molar-refractivity contribution in [2.24, 2.45) is 5.41 Å². The van der Waals surface area contributed by atoms with Crippen LogP contribution in [0.4, 0.5) is 0 Å². The molecule has 3 heterocycles. The molecule has 0 radical (unpaired) electrons. The molecule has 0 spiro atoms. The van der Waals surface area contributed by atoms with E-state index < -0.39 is 0 Å². The SMILES string of the molecule is CC1(C)c2cccc(-c3ccc4c(c3)c3cc(-c5ccc6oc7cccc(-c8nc(-c9ccccc9)nc(-c9ccccc9)n8)c7c6c5)ccc3n4-c3ccccc3)c2C(C)(C)C1(C)C. The molecule has 5 heteroatoms. The first-order chi connectivity index (χ1) is 31.5. The summed E-state index contributed by atoms with van der Waals surface area (Å²) in [5.74, 6) is 1.85. The number of rotatable bonds is 6. The van der Waals surface area contributed by atoms with Gasteiger partial charge < -0.3 is 8.98 Å². The van der Waals surface area contributed by atoms with E-state index in [-0.39, 0.29) is 16.2 Å². The minimum atomic E-state index is -0.0315. The molecule has 0 atom stereocenters. The summed E-state index contributed by atoms with van der Waals surface area (Å²) in [7, 11) is 0. The Kier molecular flexibility index (Phi) is 8.51. The van der Waals surface area contributed by atoms with Crippen molar-refractivity contribution in [3.05, 3.63) is 193 Å². The van der Waals surface area contributed by atoms with Crippen LogP contribution in [-0.4, -0.2) is 19.5 Å². The summed E-state index contributed by atoms with van der Waals surface area (Å²) in [6.07, 6.45) is 0. The van der Waals surface area contributed by atoms with Crippen LogP contribution in [0.3, 0.4) is 0 Å². The normalized spacial score (nSPS) is 15.0. The maximum absolute atomic E-state index is 6.57. The molecule has 314 valence electrons. The monoisotopic (exact) mass is 840 g/mol. The van der Waals surface area contributed by atoms with Crippen LogP contribution >= 0.6 is 0 Å². The Hall–Kier alpha value is -7.63. The fraction of sp³-hybridized carbons (Fsp3) is 0.150. The molecule has 11 aromatic rings. The lowest BCUT2D eigenvalue weighted by Crippen LogP contribution is -2.42. The van der Waals surface area contributed by atoms with Gasteiger partial charge in [0.2, 0.25) is 0 Å². The summed E-state index contributed by atoms with van der Waals surface area (Å²) in [6.45, 7) is 14.6. The van der Waals surface area contributed by atoms with E-state index in [4.69, 9.17) is 19.4 Å². The number of para-hydroxylation sites is 1. The molecule has 5 nitrogen and oxygen atoms in total. The number of hydrogen-bond donors (Lipinski definition) is 0. The third-order valence-corrected chi connectivity index (χ3v) is 15.3. The topological polar surface area (TPSA) is 56.7 Å². The van der Waals surface area contributed by atoms with Gasteiger partial charge in [-0.3, -0.25) is 0 Å². The highest BCUT2D eigenvalue weighted by Gasteiger charge is 2.57. The maximum Gasteiger partial charge on any atom is 0.164 e. The molecule has 8 aromatic carbocycles. The molecule has 0 saturated heterocycles. The zero-order valence-corrected chi connectivity index (χ0v) is 37.5. The summed E-state index contributed by atoms with van der Waals surface area (Å²) < 4.78 is 8.98. The standard InChI is InChI=1S/C60H48N4O/c1-58(2)48-26-16-24-43(54(48)59(3,4)60(58,5)6)41-29-32-50-46(36-41)45-34-39(28-31-49(45)64(50)42-22-14-9-15-23-42)40-30-33-51-47(35-40)53-44(25-17-27-52(53)65-51)57-62-55(37-18-10-7-11-19-37)61-56(63-57)38-20-12-8-13-21-38/h7-36H,1-6H3. The number of aromatic nitrogens is 4. The Labute approximate surface area is 379 Å². The van der Waals surface area contributed by atoms with E-state index >= 15 is 0 Å². The molecule has 1 aliphatic rings. The van der Waals surface area contributed by atoms with E-state index in [1.54, 1.807) is 0 Å². The zero-order chi connectivity index (χ0) is 44.2. The van der Waals surface area contributed by atoms with Crippen LogP contribution in [-0.2, 0) is 10.8 Å². The molecule has 0 unspecified atom stereocenters. The van der Waals surface area contributed by atoms with Crippen molar-refractivity contribution in [1.82, 2.24) is 19.5 Å². The number of furan rings is 1. The molecule has 0 bridgehead atoms. The van der Waals surface area contributed by atoms with Gasteiger partial charge in [0, 0.05) is 43.9 Å². The molecule has 0 amide bonds. The van der Waals surface area contributed by atoms with Crippen LogP contribution < -0.4 is 0 Å². The van der Waals surface area contributed by atoms with Gasteiger partial charge in [-0.15, -0.1) is 0 Å². The second-order valence-electron chi connectivity index (χ2n) is 19.3. The third kappa shape index (κ3) is 5.81. The summed E-state index contributed by atoms with van der Waals surface area (Å²) in [6, 6.07) is 64.6. The van der Waals surface area contributed by atoms with Gasteiger partial charge in [-0.25, -0.2) is 15.0 Å². The first kappa shape index (κ1) is 39.0. The van der Waals surface area contributed by atoms with Crippen molar-refractivity contribution in [3.63, 3.8) is 0 Å². The van der Waals surface area contributed by atoms with Crippen molar-refractivity contribution in [1.29, 1.82) is 0 Å². The lowest BCUT2D eigenvalue weighted by molar-refractivity contribution is 0.125. The number of benzene rings is 8. The smallest absolute Gasteiger partial charge is 0.164 e. The van der Waals surface area contributed by atoms with Gasteiger partial charge in [0.25, 0.3) is 0 Å². The van der Waals surface area contributed by atoms with Crippen LogP contribution in [0.2, 0.25) is 0 Å². The number of hydrogen-bond acceptors (Lipinski definition) is 4. The molecule has 0 saturated carbocycles. The number of nitrogens with zero attached hydrogens (tertiary/aromatic N) is 4. The number of fused-ring (bicyclic) bond motifs is 7. The first-order valence-corrected chi connectivity index (χ1v) is 22.6. The summed E-state index contributed by atoms with van der Waals surface area (Å²) in [5.41, 5.74) is 15.6. The van der Waals surface area contributed by atoms with Crippen molar-refractivity contribution < 1.29 is 4.42 Å². The van der Waals surface area contributed by atoms with E-state index in [2.05, 4.69) is 155 Å². The van der Waals surface area contributed by atoms with Crippen LogP contribution in [0.25, 0.3) is 106 Å². The fourth-order valence-electron chi connectivity index (χ4n) is 10.8. The van der Waals surface area contributed by atoms with Gasteiger partial charge in [0.15, 0.2) is 17.5 Å². The lowest BCUT2D eigenvalue weighted by atomic mass is 9.59. The van der Waals surface area contributed by atoms with Gasteiger partial charge in [0.05, 0.1) is 11.0 Å². The highest BCUT2D eigenvalue weighted by Crippen LogP contribution is 2.63. The van der Waals surface area contributed by atoms with Crippen LogP contribution in [0.1, 0.15) is 52.7 Å². The van der Waals surface area contributed by atoms with Crippen LogP contribution in [0, 0.1) is 5.41 Å². The van der Waals surface area contributed by atoms with Crippen molar-refractivity contribution in [3.8, 4) is 62.1 Å². The van der Waals surface area contributed by atoms with Gasteiger partial charge in [-0.05, 0) is 104 Å². The molecule has 0 N–H and O–H groups in total. The Morgan fingerprint density at radius 3 is 1.57 bits per heavy atom. The average Bonchev–Trinajstić information content (AvgIpc) is 3.92. The minimum Gasteiger partial charge on any atom is -0.456 e. The predicted octanol–water partition coefficient (Wildman–Crippen LogP) is 15.8. The Bertz CT molecular complexity index is 3610. The molecule has 0 fully saturated rings. The summed E-state index contributed by atoms with van der Waals surface area (Å²) >= 11 is 0.